The van der Waals surface area contributed by atoms with Crippen molar-refractivity contribution in [3.63, 3.8) is 0 Å². The van der Waals surface area contributed by atoms with Crippen LogP contribution >= 0.6 is 0 Å². The van der Waals surface area contributed by atoms with E-state index in [9.17, 15) is 5.11 Å². The fourth-order valence-corrected chi connectivity index (χ4v) is 15.3. The molecule has 0 saturated heterocycles. The molecule has 0 radical (unpaired) electrons. The van der Waals surface area contributed by atoms with E-state index in [0.29, 0.717) is 37.9 Å². The smallest absolute Gasteiger partial charge is 0.252 e. The lowest BCUT2D eigenvalue weighted by Gasteiger charge is -2.45. The molecule has 9 heteroatoms. The zero-order valence-electron chi connectivity index (χ0n) is 55.5. The van der Waals surface area contributed by atoms with Crippen molar-refractivity contribution in [3.05, 3.63) is 270 Å². The summed E-state index contributed by atoms with van der Waals surface area (Å²) in [5.74, 6) is 3.11. The molecule has 1 aliphatic carbocycles. The quantitative estimate of drug-likeness (QED) is 0.113. The van der Waals surface area contributed by atoms with Gasteiger partial charge in [-0.15, -0.1) is 0 Å². The van der Waals surface area contributed by atoms with Crippen LogP contribution in [0.4, 0.5) is 51.2 Å². The highest BCUT2D eigenvalue weighted by Crippen LogP contribution is 2.54. The molecule has 12 aromatic carbocycles. The highest BCUT2D eigenvalue weighted by molar-refractivity contribution is 7.00. The monoisotopic (exact) mass is 1250 g/mol. The molecule has 0 atom stereocenters. The van der Waals surface area contributed by atoms with E-state index in [-0.39, 0.29) is 28.7 Å². The first-order valence-electron chi connectivity index (χ1n) is 33.6. The molecule has 470 valence electrons. The zero-order chi connectivity index (χ0) is 65.4. The number of benzene rings is 12. The molecule has 0 bridgehead atoms. The van der Waals surface area contributed by atoms with E-state index in [0.717, 1.165) is 118 Å². The molecular weight excluding hydrogens is 1180 g/mol. The maximum absolute atomic E-state index is 10.7. The van der Waals surface area contributed by atoms with Gasteiger partial charge in [-0.3, -0.25) is 0 Å². The maximum atomic E-state index is 10.7. The van der Waals surface area contributed by atoms with Crippen LogP contribution in [0.3, 0.4) is 0 Å². The van der Waals surface area contributed by atoms with Crippen molar-refractivity contribution in [2.45, 2.75) is 71.6 Å². The van der Waals surface area contributed by atoms with Gasteiger partial charge in [-0.1, -0.05) is 207 Å². The highest BCUT2D eigenvalue weighted by Gasteiger charge is 2.46. The van der Waals surface area contributed by atoms with Crippen LogP contribution in [0.5, 0.6) is 28.7 Å². The average Bonchev–Trinajstić information content (AvgIpc) is 0.795. The maximum Gasteiger partial charge on any atom is 0.252 e. The Kier molecular flexibility index (Phi) is 13.7. The van der Waals surface area contributed by atoms with E-state index in [1.807, 2.05) is 24.3 Å². The van der Waals surface area contributed by atoms with Crippen LogP contribution in [-0.2, 0) is 16.2 Å². The molecule has 0 unspecified atom stereocenters. The van der Waals surface area contributed by atoms with Crippen LogP contribution in [0.15, 0.2) is 237 Å². The predicted octanol–water partition coefficient (Wildman–Crippen LogP) is 20.0. The summed E-state index contributed by atoms with van der Waals surface area (Å²) in [4.78, 5) is 7.45. The number of nitrogens with zero attached hydrogens (tertiary/aromatic N) is 3. The van der Waals surface area contributed by atoms with Crippen molar-refractivity contribution >= 4 is 97.2 Å². The molecule has 0 amide bonds. The number of hydrogen-bond donors (Lipinski definition) is 1. The van der Waals surface area contributed by atoms with Crippen molar-refractivity contribution in [2.24, 2.45) is 0 Å². The summed E-state index contributed by atoms with van der Waals surface area (Å²) in [5.41, 5.74) is 26.3. The summed E-state index contributed by atoms with van der Waals surface area (Å²) in [6.07, 6.45) is 4.04. The van der Waals surface area contributed by atoms with Crippen molar-refractivity contribution in [2.75, 3.05) is 41.1 Å². The lowest BCUT2D eigenvalue weighted by atomic mass is 9.33. The van der Waals surface area contributed by atoms with Gasteiger partial charge in [0.25, 0.3) is 6.71 Å². The number of ether oxygens (including phenoxy) is 4. The summed E-state index contributed by atoms with van der Waals surface area (Å²) < 4.78 is 25.9. The molecule has 12 aromatic rings. The number of anilines is 9. The molecule has 0 saturated carbocycles. The zero-order valence-corrected chi connectivity index (χ0v) is 55.5. The van der Waals surface area contributed by atoms with Gasteiger partial charge in [-0.05, 0) is 184 Å². The topological polar surface area (TPSA) is 66.9 Å². The number of rotatable bonds is 9. The molecule has 0 fully saturated rings. The van der Waals surface area contributed by atoms with Gasteiger partial charge in [0.1, 0.15) is 32.2 Å². The minimum Gasteiger partial charge on any atom is -0.507 e. The number of phenols is 1. The lowest BCUT2D eigenvalue weighted by molar-refractivity contribution is 0.171. The van der Waals surface area contributed by atoms with Crippen molar-refractivity contribution in [3.8, 4) is 62.1 Å². The van der Waals surface area contributed by atoms with Crippen LogP contribution in [0.1, 0.15) is 88.8 Å². The second-order valence-corrected chi connectivity index (χ2v) is 28.8. The molecule has 17 rings (SSSR count). The van der Waals surface area contributed by atoms with Gasteiger partial charge in [0.05, 0.1) is 11.4 Å². The van der Waals surface area contributed by atoms with Crippen LogP contribution in [-0.4, -0.2) is 38.2 Å². The largest absolute Gasteiger partial charge is 0.507 e. The number of phenolic OH excluding ortho intramolecular Hbond substituents is 1. The van der Waals surface area contributed by atoms with Crippen molar-refractivity contribution in [1.82, 2.24) is 0 Å². The molecule has 1 N–H and O–H groups in total. The average molecular weight is 1250 g/mol. The first-order chi connectivity index (χ1) is 46.5. The Morgan fingerprint density at radius 1 is 0.417 bits per heavy atom. The van der Waals surface area contributed by atoms with Gasteiger partial charge < -0.3 is 38.8 Å². The predicted molar refractivity (Wildman–Crippen MR) is 398 cm³/mol. The Bertz CT molecular complexity index is 5170. The minimum absolute atomic E-state index is 0.00366. The molecular formula is C87H74BN3O5. The van der Waals surface area contributed by atoms with Crippen LogP contribution in [0.25, 0.3) is 56.3 Å². The second kappa shape index (κ2) is 22.4. The third-order valence-corrected chi connectivity index (χ3v) is 20.4. The first-order valence-corrected chi connectivity index (χ1v) is 33.6. The van der Waals surface area contributed by atoms with Crippen LogP contribution < -0.4 is 50.0 Å². The molecule has 5 aliphatic rings. The third-order valence-electron chi connectivity index (χ3n) is 20.4. The second-order valence-electron chi connectivity index (χ2n) is 28.8. The molecule has 8 nitrogen and oxygen atoms in total. The van der Waals surface area contributed by atoms with Gasteiger partial charge in [0.2, 0.25) is 0 Å². The van der Waals surface area contributed by atoms with Crippen molar-refractivity contribution < 1.29 is 24.1 Å². The van der Waals surface area contributed by atoms with Crippen LogP contribution in [0, 0.1) is 0 Å². The van der Waals surface area contributed by atoms with Gasteiger partial charge in [0, 0.05) is 62.9 Å². The van der Waals surface area contributed by atoms with E-state index in [4.69, 9.17) is 18.9 Å². The number of aromatic hydroxyl groups is 1. The fraction of sp³-hybridized carbons (Fsp3) is 0.172. The highest BCUT2D eigenvalue weighted by atomic mass is 16.6. The van der Waals surface area contributed by atoms with Gasteiger partial charge in [-0.25, -0.2) is 0 Å². The summed E-state index contributed by atoms with van der Waals surface area (Å²) in [5, 5.41) is 12.9. The van der Waals surface area contributed by atoms with Crippen LogP contribution in [0.2, 0.25) is 0 Å². The van der Waals surface area contributed by atoms with E-state index in [1.165, 1.54) is 38.8 Å². The molecule has 96 heavy (non-hydrogen) atoms. The lowest BCUT2D eigenvalue weighted by Crippen LogP contribution is -2.61. The number of fused-ring (bicyclic) bond motifs is 10. The molecule has 4 aliphatic heterocycles. The summed E-state index contributed by atoms with van der Waals surface area (Å²) in [6.45, 7) is 19.9. The Hall–Kier alpha value is -10.9. The molecule has 0 aromatic heterocycles. The molecule has 4 heterocycles. The fourth-order valence-electron chi connectivity index (χ4n) is 15.3. The summed E-state index contributed by atoms with van der Waals surface area (Å²) >= 11 is 0. The van der Waals surface area contributed by atoms with E-state index < -0.39 is 0 Å². The van der Waals surface area contributed by atoms with E-state index in [2.05, 4.69) is 288 Å². The van der Waals surface area contributed by atoms with Gasteiger partial charge in [0.15, 0.2) is 23.0 Å². The Morgan fingerprint density at radius 3 is 1.70 bits per heavy atom. The van der Waals surface area contributed by atoms with Gasteiger partial charge >= 0.3 is 0 Å². The van der Waals surface area contributed by atoms with Gasteiger partial charge in [-0.2, -0.15) is 0 Å². The third kappa shape index (κ3) is 9.97. The normalized spacial score (nSPS) is 14.6. The molecule has 0 spiro atoms. The summed E-state index contributed by atoms with van der Waals surface area (Å²) in [7, 11) is 0. The Morgan fingerprint density at radius 2 is 0.990 bits per heavy atom. The first kappa shape index (κ1) is 58.9. The van der Waals surface area contributed by atoms with E-state index in [1.54, 1.807) is 6.07 Å². The number of para-hydroxylation sites is 1. The minimum atomic E-state index is -0.278. The standard InChI is InChI=1S/C87H74BN3O5/c1-85(2,3)62-30-24-55(25-31-62)58-15-13-16-64(45-58)90-75-47-61(56-26-32-63(33-27-56)86(4,5)6)29-38-73(75)88-74-52-82-83(96-43-42-95-82)53-76(74)91(67-36-39-80-81(51-67)94-41-40-93-80)78-50-68(49-77(90)84(78)88)89(66-35-37-70-69-17-10-11-18-71(69)87(7,8)72(70)48-66)65-34-28-59-44-54(21-23-60(59)46-65)20-22-57-14-9-12-19-79(57)92/h9-39,44-53,92H,40-43H2,1-8H3/b22-20+. The van der Waals surface area contributed by atoms with Crippen molar-refractivity contribution in [1.29, 1.82) is 0 Å². The number of hydrogen-bond acceptors (Lipinski definition) is 8. The Labute approximate surface area is 563 Å². The SMILES string of the molecule is CC(C)(C)c1ccc(-c2cccc(N3c4cc(-c5ccc(C(C)(C)C)cc5)ccc4B4c5cc6c(cc5N(c5ccc7c(c5)OCCO7)c5cc(N(c7ccc8c(c7)C(C)(C)c7ccccc7-8)c7ccc8cc(/C=C/c9ccccc9O)ccc8c7)cc3c54)OCCO6)c2)cc1. The Balaban J connectivity index is 0.950. The summed E-state index contributed by atoms with van der Waals surface area (Å²) in [6, 6.07) is 87.2. The van der Waals surface area contributed by atoms with E-state index >= 15 is 0 Å².